The second-order valence-corrected chi connectivity index (χ2v) is 7.72. The van der Waals surface area contributed by atoms with Crippen LogP contribution in [-0.4, -0.2) is 50.3 Å². The number of rotatable bonds is 4. The number of ether oxygens (including phenoxy) is 1. The number of methoxy groups -OCH3 is 1. The van der Waals surface area contributed by atoms with Crippen LogP contribution in [-0.2, 0) is 0 Å². The van der Waals surface area contributed by atoms with E-state index in [-0.39, 0.29) is 0 Å². The predicted octanol–water partition coefficient (Wildman–Crippen LogP) is 3.95. The summed E-state index contributed by atoms with van der Waals surface area (Å²) in [4.78, 5) is 17.6. The molecule has 1 aromatic carbocycles. The highest BCUT2D eigenvalue weighted by Gasteiger charge is 2.18. The van der Waals surface area contributed by atoms with Crippen molar-refractivity contribution < 1.29 is 4.74 Å². The van der Waals surface area contributed by atoms with E-state index in [1.807, 2.05) is 42.5 Å². The Morgan fingerprint density at radius 2 is 2.00 bits per heavy atom. The van der Waals surface area contributed by atoms with Crippen LogP contribution in [0.4, 0.5) is 0 Å². The Kier molecular flexibility index (Phi) is 4.43. The number of imidazole rings is 1. The maximum atomic E-state index is 5.39. The van der Waals surface area contributed by atoms with Crippen LogP contribution in [0, 0.1) is 0 Å². The molecule has 0 bridgehead atoms. The Morgan fingerprint density at radius 1 is 1.03 bits per heavy atom. The standard InChI is InChI=1S/C24H21N7O/c1-32-16-4-2-3-15(13-16)17-9-12-26-23-20(17)28-24(29-23)22-21-19(30-31-22)6-5-18(27-21)14-7-10-25-11-8-14/h2-7,9,12-13,25H,8,10-11H2,1H3,(H,30,31)(H,26,28,29). The lowest BCUT2D eigenvalue weighted by molar-refractivity contribution is 0.415. The Hall–Kier alpha value is -4.04. The Morgan fingerprint density at radius 3 is 2.88 bits per heavy atom. The Bertz CT molecular complexity index is 1480. The van der Waals surface area contributed by atoms with Gasteiger partial charge in [-0.15, -0.1) is 0 Å². The Balaban J connectivity index is 1.48. The molecule has 1 aliphatic heterocycles. The topological polar surface area (TPSA) is 104 Å². The van der Waals surface area contributed by atoms with Crippen LogP contribution >= 0.6 is 0 Å². The number of H-pyrrole nitrogens is 2. The third kappa shape index (κ3) is 3.12. The largest absolute Gasteiger partial charge is 0.497 e. The molecule has 4 aromatic heterocycles. The molecule has 0 saturated heterocycles. The average molecular weight is 423 g/mol. The van der Waals surface area contributed by atoms with Gasteiger partial charge in [-0.25, -0.2) is 15.0 Å². The van der Waals surface area contributed by atoms with Crippen molar-refractivity contribution in [2.75, 3.05) is 20.2 Å². The zero-order valence-electron chi connectivity index (χ0n) is 17.5. The van der Waals surface area contributed by atoms with Crippen LogP contribution in [0.1, 0.15) is 12.1 Å². The first-order valence-electron chi connectivity index (χ1n) is 10.5. The summed E-state index contributed by atoms with van der Waals surface area (Å²) in [6.45, 7) is 1.83. The molecular formula is C24H21N7O. The minimum atomic E-state index is 0.637. The summed E-state index contributed by atoms with van der Waals surface area (Å²) in [7, 11) is 1.66. The van der Waals surface area contributed by atoms with Gasteiger partial charge in [0.1, 0.15) is 16.8 Å². The number of pyridine rings is 2. The smallest absolute Gasteiger partial charge is 0.162 e. The lowest BCUT2D eigenvalue weighted by Crippen LogP contribution is -2.20. The van der Waals surface area contributed by atoms with Crippen LogP contribution in [0.25, 0.3) is 50.4 Å². The van der Waals surface area contributed by atoms with Crippen molar-refractivity contribution in [1.82, 2.24) is 35.5 Å². The highest BCUT2D eigenvalue weighted by atomic mass is 16.5. The summed E-state index contributed by atoms with van der Waals surface area (Å²) >= 11 is 0. The molecule has 3 N–H and O–H groups in total. The maximum absolute atomic E-state index is 5.39. The number of hydrogen-bond donors (Lipinski definition) is 3. The van der Waals surface area contributed by atoms with Crippen molar-refractivity contribution in [3.05, 3.63) is 60.4 Å². The first kappa shape index (κ1) is 18.7. The van der Waals surface area contributed by atoms with Gasteiger partial charge in [0.15, 0.2) is 17.2 Å². The molecule has 8 nitrogen and oxygen atoms in total. The molecule has 0 spiro atoms. The molecule has 32 heavy (non-hydrogen) atoms. The van der Waals surface area contributed by atoms with Crippen molar-refractivity contribution in [3.63, 3.8) is 0 Å². The van der Waals surface area contributed by atoms with Crippen molar-refractivity contribution in [2.24, 2.45) is 0 Å². The summed E-state index contributed by atoms with van der Waals surface area (Å²) in [5.74, 6) is 1.43. The molecule has 6 rings (SSSR count). The quantitative estimate of drug-likeness (QED) is 0.404. The van der Waals surface area contributed by atoms with Gasteiger partial charge in [-0.1, -0.05) is 18.2 Å². The van der Waals surface area contributed by atoms with Gasteiger partial charge in [-0.05, 0) is 54.4 Å². The summed E-state index contributed by atoms with van der Waals surface area (Å²) in [6.07, 6.45) is 4.94. The van der Waals surface area contributed by atoms with E-state index in [1.165, 1.54) is 5.57 Å². The van der Waals surface area contributed by atoms with E-state index < -0.39 is 0 Å². The molecule has 5 heterocycles. The van der Waals surface area contributed by atoms with Crippen LogP contribution in [0.5, 0.6) is 5.75 Å². The van der Waals surface area contributed by atoms with Gasteiger partial charge in [-0.3, -0.25) is 5.10 Å². The molecule has 5 aromatic rings. The van der Waals surface area contributed by atoms with Crippen molar-refractivity contribution >= 4 is 27.8 Å². The normalized spacial score (nSPS) is 14.1. The van der Waals surface area contributed by atoms with Crippen molar-refractivity contribution in [2.45, 2.75) is 6.42 Å². The molecule has 0 amide bonds. The first-order valence-corrected chi connectivity index (χ1v) is 10.5. The number of hydrogen-bond acceptors (Lipinski definition) is 6. The highest BCUT2D eigenvalue weighted by molar-refractivity contribution is 5.94. The second kappa shape index (κ2) is 7.58. The number of nitrogens with zero attached hydrogens (tertiary/aromatic N) is 4. The number of nitrogens with one attached hydrogen (secondary N) is 3. The molecule has 8 heteroatoms. The third-order valence-electron chi connectivity index (χ3n) is 5.79. The zero-order chi connectivity index (χ0) is 21.5. The van der Waals surface area contributed by atoms with E-state index in [4.69, 9.17) is 14.7 Å². The van der Waals surface area contributed by atoms with Crippen molar-refractivity contribution in [1.29, 1.82) is 0 Å². The fraction of sp³-hybridized carbons (Fsp3) is 0.167. The SMILES string of the molecule is COc1cccc(-c2ccnc3[nH]c(-c4n[nH]c5ccc(C6=CCNCC6)nc45)nc23)c1. The van der Waals surface area contributed by atoms with Crippen LogP contribution in [0.2, 0.25) is 0 Å². The van der Waals surface area contributed by atoms with Crippen LogP contribution < -0.4 is 10.1 Å². The van der Waals surface area contributed by atoms with E-state index in [2.05, 4.69) is 31.6 Å². The maximum Gasteiger partial charge on any atom is 0.162 e. The zero-order valence-corrected chi connectivity index (χ0v) is 17.5. The molecule has 0 unspecified atom stereocenters. The minimum absolute atomic E-state index is 0.637. The average Bonchev–Trinajstić information content (AvgIpc) is 3.48. The second-order valence-electron chi connectivity index (χ2n) is 7.72. The summed E-state index contributed by atoms with van der Waals surface area (Å²) in [6, 6.07) is 14.0. The first-order chi connectivity index (χ1) is 15.8. The molecule has 0 atom stereocenters. The van der Waals surface area contributed by atoms with Gasteiger partial charge in [0.25, 0.3) is 0 Å². The number of aromatic amines is 2. The van der Waals surface area contributed by atoms with E-state index in [1.54, 1.807) is 13.3 Å². The Labute approximate surface area is 183 Å². The number of fused-ring (bicyclic) bond motifs is 2. The van der Waals surface area contributed by atoms with Gasteiger partial charge in [0, 0.05) is 18.3 Å². The molecular weight excluding hydrogens is 402 g/mol. The summed E-state index contributed by atoms with van der Waals surface area (Å²) in [5.41, 5.74) is 8.06. The van der Waals surface area contributed by atoms with Gasteiger partial charge in [0.05, 0.1) is 18.3 Å². The number of aromatic nitrogens is 6. The highest BCUT2D eigenvalue weighted by Crippen LogP contribution is 2.32. The fourth-order valence-electron chi connectivity index (χ4n) is 4.14. The van der Waals surface area contributed by atoms with Gasteiger partial charge >= 0.3 is 0 Å². The fourth-order valence-corrected chi connectivity index (χ4v) is 4.14. The van der Waals surface area contributed by atoms with Crippen molar-refractivity contribution in [3.8, 4) is 28.4 Å². The summed E-state index contributed by atoms with van der Waals surface area (Å²) < 4.78 is 5.39. The lowest BCUT2D eigenvalue weighted by atomic mass is 10.1. The molecule has 1 aliphatic rings. The van der Waals surface area contributed by atoms with E-state index in [9.17, 15) is 0 Å². The van der Waals surface area contributed by atoms with Gasteiger partial charge < -0.3 is 15.0 Å². The van der Waals surface area contributed by atoms with Gasteiger partial charge in [-0.2, -0.15) is 5.10 Å². The predicted molar refractivity (Wildman–Crippen MR) is 124 cm³/mol. The number of benzene rings is 1. The van der Waals surface area contributed by atoms with E-state index in [0.29, 0.717) is 17.2 Å². The lowest BCUT2D eigenvalue weighted by Gasteiger charge is -2.13. The molecule has 0 aliphatic carbocycles. The van der Waals surface area contributed by atoms with Crippen LogP contribution in [0.3, 0.4) is 0 Å². The molecule has 158 valence electrons. The minimum Gasteiger partial charge on any atom is -0.497 e. The third-order valence-corrected chi connectivity index (χ3v) is 5.79. The molecule has 0 saturated carbocycles. The van der Waals surface area contributed by atoms with E-state index in [0.717, 1.165) is 58.6 Å². The van der Waals surface area contributed by atoms with Gasteiger partial charge in [0.2, 0.25) is 0 Å². The van der Waals surface area contributed by atoms with E-state index >= 15 is 0 Å². The molecule has 0 fully saturated rings. The summed E-state index contributed by atoms with van der Waals surface area (Å²) in [5, 5.41) is 10.9. The van der Waals surface area contributed by atoms with Crippen LogP contribution in [0.15, 0.2) is 54.7 Å². The monoisotopic (exact) mass is 423 g/mol. The molecule has 0 radical (unpaired) electrons.